The van der Waals surface area contributed by atoms with Gasteiger partial charge in [-0.1, -0.05) is 12.1 Å². The molecule has 0 aliphatic rings. The van der Waals surface area contributed by atoms with Gasteiger partial charge in [-0.2, -0.15) is 5.26 Å². The fourth-order valence-electron chi connectivity index (χ4n) is 1.19. The highest BCUT2D eigenvalue weighted by Crippen LogP contribution is 2.14. The number of nitrogens with zero attached hydrogens (tertiary/aromatic N) is 2. The molecular weight excluding hydrogens is 202 g/mol. The summed E-state index contributed by atoms with van der Waals surface area (Å²) < 4.78 is 0. The van der Waals surface area contributed by atoms with Gasteiger partial charge in [-0.25, -0.2) is 0 Å². The third-order valence-corrected chi connectivity index (χ3v) is 2.11. The Hall–Kier alpha value is -2.28. The molecule has 0 bridgehead atoms. The normalized spacial score (nSPS) is 10.7. The highest BCUT2D eigenvalue weighted by atomic mass is 16.1. The van der Waals surface area contributed by atoms with Crippen LogP contribution in [0.1, 0.15) is 5.56 Å². The van der Waals surface area contributed by atoms with Crippen molar-refractivity contribution in [2.45, 2.75) is 0 Å². The molecule has 0 atom stereocenters. The van der Waals surface area contributed by atoms with E-state index in [9.17, 15) is 4.79 Å². The fraction of sp³-hybridized carbons (Fsp3) is 0.167. The van der Waals surface area contributed by atoms with Crippen molar-refractivity contribution in [3.05, 3.63) is 35.4 Å². The van der Waals surface area contributed by atoms with Crippen molar-refractivity contribution in [1.29, 1.82) is 5.26 Å². The Morgan fingerprint density at radius 2 is 1.94 bits per heavy atom. The number of hydrogen-bond acceptors (Lipinski definition) is 3. The van der Waals surface area contributed by atoms with Gasteiger partial charge in [-0.3, -0.25) is 4.79 Å². The van der Waals surface area contributed by atoms with E-state index in [1.54, 1.807) is 6.07 Å². The number of carbonyl (C=O) groups excluding carboxylic acids is 1. The first-order chi connectivity index (χ1) is 7.54. The van der Waals surface area contributed by atoms with E-state index in [1.165, 1.54) is 6.08 Å². The summed E-state index contributed by atoms with van der Waals surface area (Å²) >= 11 is 0. The lowest BCUT2D eigenvalue weighted by molar-refractivity contribution is -0.114. The average molecular weight is 215 g/mol. The second-order valence-corrected chi connectivity index (χ2v) is 3.52. The van der Waals surface area contributed by atoms with Crippen LogP contribution in [0.25, 0.3) is 6.08 Å². The lowest BCUT2D eigenvalue weighted by atomic mass is 10.1. The van der Waals surface area contributed by atoms with E-state index >= 15 is 0 Å². The summed E-state index contributed by atoms with van der Waals surface area (Å²) in [5, 5.41) is 8.67. The molecule has 0 spiro atoms. The number of carbonyl (C=O) groups is 1. The minimum Gasteiger partial charge on any atom is -0.378 e. The van der Waals surface area contributed by atoms with Crippen LogP contribution < -0.4 is 10.6 Å². The number of primary amides is 1. The van der Waals surface area contributed by atoms with Crippen LogP contribution in [0.4, 0.5) is 5.69 Å². The van der Waals surface area contributed by atoms with Crippen LogP contribution in [-0.2, 0) is 4.79 Å². The predicted octanol–water partition coefficient (Wildman–Crippen LogP) is 1.14. The van der Waals surface area contributed by atoms with Crippen LogP contribution in [0.2, 0.25) is 0 Å². The molecular formula is C12H13N3O. The zero-order valence-electron chi connectivity index (χ0n) is 9.27. The van der Waals surface area contributed by atoms with Crippen molar-refractivity contribution in [2.24, 2.45) is 5.73 Å². The molecule has 0 aromatic heterocycles. The van der Waals surface area contributed by atoms with Crippen molar-refractivity contribution in [2.75, 3.05) is 19.0 Å². The molecule has 0 aliphatic heterocycles. The molecule has 0 saturated carbocycles. The molecule has 4 heteroatoms. The average Bonchev–Trinajstić information content (AvgIpc) is 2.26. The lowest BCUT2D eigenvalue weighted by Crippen LogP contribution is -2.12. The summed E-state index contributed by atoms with van der Waals surface area (Å²) in [5.41, 5.74) is 6.82. The quantitative estimate of drug-likeness (QED) is 0.607. The first-order valence-electron chi connectivity index (χ1n) is 4.73. The van der Waals surface area contributed by atoms with E-state index in [0.717, 1.165) is 11.3 Å². The zero-order chi connectivity index (χ0) is 12.1. The summed E-state index contributed by atoms with van der Waals surface area (Å²) in [6.45, 7) is 0. The second-order valence-electron chi connectivity index (χ2n) is 3.52. The molecule has 1 rings (SSSR count). The number of rotatable bonds is 3. The molecule has 1 aromatic carbocycles. The molecule has 16 heavy (non-hydrogen) atoms. The molecule has 0 radical (unpaired) electrons. The Labute approximate surface area is 94.6 Å². The van der Waals surface area contributed by atoms with E-state index in [1.807, 2.05) is 43.3 Å². The number of benzene rings is 1. The van der Waals surface area contributed by atoms with Gasteiger partial charge in [-0.15, -0.1) is 0 Å². The molecule has 4 nitrogen and oxygen atoms in total. The maximum Gasteiger partial charge on any atom is 0.259 e. The van der Waals surface area contributed by atoms with Gasteiger partial charge in [-0.05, 0) is 23.8 Å². The number of anilines is 1. The van der Waals surface area contributed by atoms with E-state index in [0.29, 0.717) is 0 Å². The summed E-state index contributed by atoms with van der Waals surface area (Å²) in [7, 11) is 3.88. The Balaban J connectivity index is 3.00. The monoisotopic (exact) mass is 215 g/mol. The van der Waals surface area contributed by atoms with Gasteiger partial charge in [0.2, 0.25) is 0 Å². The summed E-state index contributed by atoms with van der Waals surface area (Å²) in [6, 6.07) is 9.23. The van der Waals surface area contributed by atoms with Gasteiger partial charge in [0.05, 0.1) is 0 Å². The van der Waals surface area contributed by atoms with E-state index in [4.69, 9.17) is 11.0 Å². The van der Waals surface area contributed by atoms with Gasteiger partial charge in [0.25, 0.3) is 5.91 Å². The summed E-state index contributed by atoms with van der Waals surface area (Å²) in [5.74, 6) is -0.709. The molecule has 2 N–H and O–H groups in total. The third-order valence-electron chi connectivity index (χ3n) is 2.11. The molecule has 0 unspecified atom stereocenters. The van der Waals surface area contributed by atoms with Crippen LogP contribution in [-0.4, -0.2) is 20.0 Å². The topological polar surface area (TPSA) is 70.1 Å². The van der Waals surface area contributed by atoms with Gasteiger partial charge < -0.3 is 10.6 Å². The van der Waals surface area contributed by atoms with Gasteiger partial charge >= 0.3 is 0 Å². The van der Waals surface area contributed by atoms with Crippen LogP contribution in [0, 0.1) is 11.3 Å². The Bertz CT molecular complexity index is 452. The van der Waals surface area contributed by atoms with Crippen LogP contribution in [0.3, 0.4) is 0 Å². The maximum atomic E-state index is 10.8. The smallest absolute Gasteiger partial charge is 0.259 e. The number of nitriles is 1. The first-order valence-corrected chi connectivity index (χ1v) is 4.73. The number of hydrogen-bond donors (Lipinski definition) is 1. The van der Waals surface area contributed by atoms with E-state index in [-0.39, 0.29) is 5.57 Å². The highest BCUT2D eigenvalue weighted by Gasteiger charge is 2.03. The fourth-order valence-corrected chi connectivity index (χ4v) is 1.19. The number of amides is 1. The largest absolute Gasteiger partial charge is 0.378 e. The van der Waals surface area contributed by atoms with E-state index in [2.05, 4.69) is 0 Å². The lowest BCUT2D eigenvalue weighted by Gasteiger charge is -2.11. The van der Waals surface area contributed by atoms with Crippen LogP contribution >= 0.6 is 0 Å². The van der Waals surface area contributed by atoms with Crippen LogP contribution in [0.15, 0.2) is 29.8 Å². The van der Waals surface area contributed by atoms with Crippen molar-refractivity contribution < 1.29 is 4.79 Å². The Morgan fingerprint density at radius 1 is 1.38 bits per heavy atom. The molecule has 0 fully saturated rings. The van der Waals surface area contributed by atoms with Gasteiger partial charge in [0.15, 0.2) is 0 Å². The third kappa shape index (κ3) is 2.85. The summed E-state index contributed by atoms with van der Waals surface area (Å²) in [4.78, 5) is 12.8. The second kappa shape index (κ2) is 4.99. The predicted molar refractivity (Wildman–Crippen MR) is 63.6 cm³/mol. The van der Waals surface area contributed by atoms with Crippen molar-refractivity contribution in [3.63, 3.8) is 0 Å². The number of nitrogens with two attached hydrogens (primary N) is 1. The first kappa shape index (κ1) is 11.8. The van der Waals surface area contributed by atoms with Crippen molar-refractivity contribution in [3.8, 4) is 6.07 Å². The molecule has 0 heterocycles. The Morgan fingerprint density at radius 3 is 2.31 bits per heavy atom. The summed E-state index contributed by atoms with van der Waals surface area (Å²) in [6.07, 6.45) is 1.47. The zero-order valence-corrected chi connectivity index (χ0v) is 9.27. The molecule has 82 valence electrons. The Kier molecular flexibility index (Phi) is 3.67. The van der Waals surface area contributed by atoms with Gasteiger partial charge in [0.1, 0.15) is 11.6 Å². The maximum absolute atomic E-state index is 10.8. The molecule has 1 amide bonds. The minimum atomic E-state index is -0.709. The minimum absolute atomic E-state index is 0.0439. The SMILES string of the molecule is CN(C)c1ccc(/C=C(\C#N)C(N)=O)cc1. The molecule has 0 aliphatic carbocycles. The standard InChI is InChI=1S/C12H13N3O/c1-15(2)11-5-3-9(4-6-11)7-10(8-13)12(14)16/h3-7H,1-2H3,(H2,14,16)/b10-7+. The van der Waals surface area contributed by atoms with E-state index < -0.39 is 5.91 Å². The molecule has 1 aromatic rings. The highest BCUT2D eigenvalue weighted by molar-refractivity contribution is 6.00. The molecule has 0 saturated heterocycles. The van der Waals surface area contributed by atoms with Crippen molar-refractivity contribution >= 4 is 17.7 Å². The van der Waals surface area contributed by atoms with Crippen LogP contribution in [0.5, 0.6) is 0 Å². The van der Waals surface area contributed by atoms with Gasteiger partial charge in [0, 0.05) is 19.8 Å². The van der Waals surface area contributed by atoms with Crippen molar-refractivity contribution in [1.82, 2.24) is 0 Å².